The van der Waals surface area contributed by atoms with Gasteiger partial charge in [0, 0.05) is 13.1 Å². The van der Waals surface area contributed by atoms with Gasteiger partial charge in [0.2, 0.25) is 0 Å². The number of carbonyl (C=O) groups excluding carboxylic acids is 2. The van der Waals surface area contributed by atoms with Crippen LogP contribution in [0, 0.1) is 5.92 Å². The Morgan fingerprint density at radius 3 is 2.44 bits per heavy atom. The van der Waals surface area contributed by atoms with Crippen LogP contribution in [0.2, 0.25) is 0 Å². The second-order valence-corrected chi connectivity index (χ2v) is 7.56. The molecule has 1 aliphatic heterocycles. The summed E-state index contributed by atoms with van der Waals surface area (Å²) in [6, 6.07) is 8.68. The fourth-order valence-corrected chi connectivity index (χ4v) is 2.79. The van der Waals surface area contributed by atoms with E-state index in [-0.39, 0.29) is 26.1 Å². The normalized spacial score (nSPS) is 19.9. The third kappa shape index (κ3) is 6.80. The van der Waals surface area contributed by atoms with Crippen molar-refractivity contribution in [3.8, 4) is 0 Å². The van der Waals surface area contributed by atoms with E-state index in [4.69, 9.17) is 9.47 Å². The molecule has 8 heteroatoms. The number of hydrogen-bond acceptors (Lipinski definition) is 5. The zero-order valence-electron chi connectivity index (χ0n) is 15.8. The molecule has 0 radical (unpaired) electrons. The van der Waals surface area contributed by atoms with E-state index in [0.717, 1.165) is 5.56 Å². The van der Waals surface area contributed by atoms with Gasteiger partial charge in [-0.05, 0) is 32.8 Å². The number of carboxylic acids is 1. The fourth-order valence-electron chi connectivity index (χ4n) is 2.79. The molecule has 1 heterocycles. The first-order chi connectivity index (χ1) is 12.6. The number of likely N-dealkylation sites (tertiary alicyclic amines) is 1. The van der Waals surface area contributed by atoms with E-state index in [2.05, 4.69) is 5.32 Å². The van der Waals surface area contributed by atoms with Crippen molar-refractivity contribution in [1.29, 1.82) is 0 Å². The molecule has 27 heavy (non-hydrogen) atoms. The molecule has 148 valence electrons. The summed E-state index contributed by atoms with van der Waals surface area (Å²) in [4.78, 5) is 37.1. The van der Waals surface area contributed by atoms with Crippen LogP contribution in [0.25, 0.3) is 0 Å². The van der Waals surface area contributed by atoms with Crippen molar-refractivity contribution in [3.63, 3.8) is 0 Å². The Kier molecular flexibility index (Phi) is 6.65. The van der Waals surface area contributed by atoms with E-state index in [9.17, 15) is 19.5 Å². The number of amides is 2. The van der Waals surface area contributed by atoms with Gasteiger partial charge < -0.3 is 24.8 Å². The first-order valence-electron chi connectivity index (χ1n) is 8.82. The number of piperidine rings is 1. The minimum atomic E-state index is -1.02. The van der Waals surface area contributed by atoms with Gasteiger partial charge in [-0.25, -0.2) is 9.59 Å². The molecule has 1 aromatic carbocycles. The zero-order chi connectivity index (χ0) is 20.0. The molecule has 2 atom stereocenters. The number of alkyl carbamates (subject to hydrolysis) is 1. The maximum absolute atomic E-state index is 12.3. The van der Waals surface area contributed by atoms with Gasteiger partial charge in [0.15, 0.2) is 0 Å². The lowest BCUT2D eigenvalue weighted by molar-refractivity contribution is -0.143. The Morgan fingerprint density at radius 2 is 1.85 bits per heavy atom. The van der Waals surface area contributed by atoms with Crippen LogP contribution in [-0.4, -0.2) is 52.9 Å². The summed E-state index contributed by atoms with van der Waals surface area (Å²) in [6.45, 7) is 5.53. The molecule has 2 N–H and O–H groups in total. The number of rotatable bonds is 4. The number of nitrogens with one attached hydrogen (secondary N) is 1. The summed E-state index contributed by atoms with van der Waals surface area (Å²) < 4.78 is 10.5. The molecule has 0 spiro atoms. The smallest absolute Gasteiger partial charge is 0.410 e. The Bertz CT molecular complexity index is 671. The Morgan fingerprint density at radius 1 is 1.19 bits per heavy atom. The first-order valence-corrected chi connectivity index (χ1v) is 8.82. The first kappa shape index (κ1) is 20.5. The minimum absolute atomic E-state index is 0.0431. The number of carboxylic acid groups (broad SMARTS) is 1. The lowest BCUT2D eigenvalue weighted by Crippen LogP contribution is -2.54. The quantitative estimate of drug-likeness (QED) is 0.834. The minimum Gasteiger partial charge on any atom is -0.481 e. The van der Waals surface area contributed by atoms with Crippen LogP contribution in [0.4, 0.5) is 9.59 Å². The van der Waals surface area contributed by atoms with E-state index in [1.165, 1.54) is 4.90 Å². The van der Waals surface area contributed by atoms with Crippen LogP contribution in [0.15, 0.2) is 30.3 Å². The Balaban J connectivity index is 1.94. The lowest BCUT2D eigenvalue weighted by atomic mass is 9.94. The molecular weight excluding hydrogens is 352 g/mol. The predicted octanol–water partition coefficient (Wildman–Crippen LogP) is 2.62. The predicted molar refractivity (Wildman–Crippen MR) is 97.1 cm³/mol. The molecule has 2 unspecified atom stereocenters. The number of benzene rings is 1. The molecule has 1 aliphatic rings. The van der Waals surface area contributed by atoms with Crippen LogP contribution in [0.5, 0.6) is 0 Å². The number of ether oxygens (including phenoxy) is 2. The topological polar surface area (TPSA) is 105 Å². The van der Waals surface area contributed by atoms with E-state index >= 15 is 0 Å². The highest BCUT2D eigenvalue weighted by Gasteiger charge is 2.36. The molecule has 0 aliphatic carbocycles. The molecule has 1 saturated heterocycles. The Hall–Kier alpha value is -2.77. The highest BCUT2D eigenvalue weighted by molar-refractivity contribution is 5.74. The van der Waals surface area contributed by atoms with Crippen molar-refractivity contribution in [3.05, 3.63) is 35.9 Å². The standard InChI is InChI=1S/C19H26N2O6/c1-19(2,3)27-18(25)21-10-14(16(22)23)9-15(11-21)20-17(24)26-12-13-7-5-4-6-8-13/h4-8,14-15H,9-12H2,1-3H3,(H,20,24)(H,22,23). The van der Waals surface area contributed by atoms with E-state index in [1.807, 2.05) is 30.3 Å². The van der Waals surface area contributed by atoms with Crippen molar-refractivity contribution < 1.29 is 29.0 Å². The van der Waals surface area contributed by atoms with Gasteiger partial charge in [0.05, 0.1) is 12.0 Å². The highest BCUT2D eigenvalue weighted by Crippen LogP contribution is 2.20. The molecule has 0 saturated carbocycles. The second kappa shape index (κ2) is 8.75. The molecule has 1 aromatic rings. The van der Waals surface area contributed by atoms with Crippen LogP contribution in [0.1, 0.15) is 32.8 Å². The van der Waals surface area contributed by atoms with Crippen LogP contribution < -0.4 is 5.32 Å². The Labute approximate surface area is 158 Å². The molecule has 2 amide bonds. The van der Waals surface area contributed by atoms with Crippen molar-refractivity contribution in [1.82, 2.24) is 10.2 Å². The van der Waals surface area contributed by atoms with Crippen molar-refractivity contribution in [2.75, 3.05) is 13.1 Å². The van der Waals surface area contributed by atoms with Crippen molar-refractivity contribution >= 4 is 18.2 Å². The molecule has 8 nitrogen and oxygen atoms in total. The summed E-state index contributed by atoms with van der Waals surface area (Å²) in [7, 11) is 0. The van der Waals surface area contributed by atoms with Gasteiger partial charge >= 0.3 is 18.2 Å². The lowest BCUT2D eigenvalue weighted by Gasteiger charge is -2.36. The second-order valence-electron chi connectivity index (χ2n) is 7.56. The summed E-state index contributed by atoms with van der Waals surface area (Å²) in [5, 5.41) is 12.0. The largest absolute Gasteiger partial charge is 0.481 e. The van der Waals surface area contributed by atoms with Gasteiger partial charge in [-0.2, -0.15) is 0 Å². The van der Waals surface area contributed by atoms with E-state index < -0.39 is 35.7 Å². The van der Waals surface area contributed by atoms with Crippen molar-refractivity contribution in [2.24, 2.45) is 5.92 Å². The monoisotopic (exact) mass is 378 g/mol. The van der Waals surface area contributed by atoms with Gasteiger partial charge in [0.25, 0.3) is 0 Å². The third-order valence-corrected chi connectivity index (χ3v) is 3.99. The number of aliphatic carboxylic acids is 1. The van der Waals surface area contributed by atoms with Crippen LogP contribution in [0.3, 0.4) is 0 Å². The van der Waals surface area contributed by atoms with E-state index in [0.29, 0.717) is 0 Å². The summed E-state index contributed by atoms with van der Waals surface area (Å²) in [5.41, 5.74) is 0.153. The summed E-state index contributed by atoms with van der Waals surface area (Å²) >= 11 is 0. The molecule has 0 aromatic heterocycles. The molecule has 2 rings (SSSR count). The fraction of sp³-hybridized carbons (Fsp3) is 0.526. The van der Waals surface area contributed by atoms with Gasteiger partial charge in [0.1, 0.15) is 12.2 Å². The average molecular weight is 378 g/mol. The third-order valence-electron chi connectivity index (χ3n) is 3.99. The van der Waals surface area contributed by atoms with Gasteiger partial charge in [-0.15, -0.1) is 0 Å². The van der Waals surface area contributed by atoms with Crippen molar-refractivity contribution in [2.45, 2.75) is 45.4 Å². The SMILES string of the molecule is CC(C)(C)OC(=O)N1CC(NC(=O)OCc2ccccc2)CC(C(=O)O)C1. The molecule has 1 fully saturated rings. The summed E-state index contributed by atoms with van der Waals surface area (Å²) in [6.07, 6.45) is -1.04. The van der Waals surface area contributed by atoms with Gasteiger partial charge in [-0.1, -0.05) is 30.3 Å². The summed E-state index contributed by atoms with van der Waals surface area (Å²) in [5.74, 6) is -1.81. The highest BCUT2D eigenvalue weighted by atomic mass is 16.6. The number of nitrogens with zero attached hydrogens (tertiary/aromatic N) is 1. The maximum atomic E-state index is 12.3. The maximum Gasteiger partial charge on any atom is 0.410 e. The van der Waals surface area contributed by atoms with Crippen LogP contribution in [-0.2, 0) is 20.9 Å². The average Bonchev–Trinajstić information content (AvgIpc) is 2.59. The van der Waals surface area contributed by atoms with E-state index in [1.54, 1.807) is 20.8 Å². The number of carbonyl (C=O) groups is 3. The molecular formula is C19H26N2O6. The number of hydrogen-bond donors (Lipinski definition) is 2. The van der Waals surface area contributed by atoms with Gasteiger partial charge in [-0.3, -0.25) is 4.79 Å². The molecule has 0 bridgehead atoms. The van der Waals surface area contributed by atoms with Crippen LogP contribution >= 0.6 is 0 Å². The zero-order valence-corrected chi connectivity index (χ0v) is 15.8.